The van der Waals surface area contributed by atoms with Crippen LogP contribution in [0.1, 0.15) is 17.5 Å². The van der Waals surface area contributed by atoms with E-state index in [1.54, 1.807) is 12.1 Å². The minimum Gasteiger partial charge on any atom is -0.459 e. The van der Waals surface area contributed by atoms with E-state index in [1.807, 2.05) is 6.07 Å². The lowest BCUT2D eigenvalue weighted by molar-refractivity contribution is 0.188. The van der Waals surface area contributed by atoms with Crippen LogP contribution in [0.2, 0.25) is 0 Å². The van der Waals surface area contributed by atoms with Crippen LogP contribution in [0.25, 0.3) is 0 Å². The predicted octanol–water partition coefficient (Wildman–Crippen LogP) is 2.51. The Labute approximate surface area is 98.9 Å². The highest BCUT2D eigenvalue weighted by molar-refractivity contribution is 7.70. The minimum atomic E-state index is -4.39. The third-order valence-electron chi connectivity index (χ3n) is 2.70. The van der Waals surface area contributed by atoms with E-state index in [0.29, 0.717) is 0 Å². The Morgan fingerprint density at radius 2 is 2.06 bits per heavy atom. The fraction of sp³-hybridized carbons (Fsp3) is 0.364. The average Bonchev–Trinajstić information content (AvgIpc) is 2.74. The lowest BCUT2D eigenvalue weighted by Crippen LogP contribution is -2.05. The molecule has 0 saturated carbocycles. The first-order chi connectivity index (χ1) is 8.03. The molecule has 1 aliphatic rings. The van der Waals surface area contributed by atoms with Crippen molar-refractivity contribution in [2.24, 2.45) is 0 Å². The fourth-order valence-corrected chi connectivity index (χ4v) is 2.61. The molecule has 1 aliphatic carbocycles. The highest BCUT2D eigenvalue weighted by Crippen LogP contribution is 2.45. The van der Waals surface area contributed by atoms with Gasteiger partial charge in [0.2, 0.25) is 0 Å². The minimum absolute atomic E-state index is 0.224. The van der Waals surface area contributed by atoms with Gasteiger partial charge in [-0.1, -0.05) is 6.07 Å². The average molecular weight is 256 g/mol. The van der Waals surface area contributed by atoms with E-state index in [0.717, 1.165) is 31.9 Å². The summed E-state index contributed by atoms with van der Waals surface area (Å²) in [6, 6.07) is 5.15. The van der Waals surface area contributed by atoms with Crippen molar-refractivity contribution in [3.63, 3.8) is 0 Å². The number of aryl methyl sites for hydroxylation is 2. The maximum absolute atomic E-state index is 11.5. The second kappa shape index (κ2) is 4.51. The van der Waals surface area contributed by atoms with E-state index in [1.165, 1.54) is 5.56 Å². The van der Waals surface area contributed by atoms with Gasteiger partial charge in [0.15, 0.2) is 0 Å². The smallest absolute Gasteiger partial charge is 0.459 e. The highest BCUT2D eigenvalue weighted by Gasteiger charge is 2.34. The number of benzene rings is 1. The van der Waals surface area contributed by atoms with E-state index >= 15 is 0 Å². The summed E-state index contributed by atoms with van der Waals surface area (Å²) in [5.41, 5.74) is 1.08. The van der Waals surface area contributed by atoms with Gasteiger partial charge in [0.05, 0.1) is 7.11 Å². The van der Waals surface area contributed by atoms with Gasteiger partial charge in [-0.25, -0.2) is 9.36 Å². The Balaban J connectivity index is 2.19. The summed E-state index contributed by atoms with van der Waals surface area (Å²) in [4.78, 5) is 20.4. The van der Waals surface area contributed by atoms with Crippen LogP contribution in [0, 0.1) is 0 Å². The number of ether oxygens (including phenoxy) is 1. The zero-order valence-corrected chi connectivity index (χ0v) is 10.3. The Morgan fingerprint density at radius 3 is 2.76 bits per heavy atom. The topological polar surface area (TPSA) is 72.8 Å². The van der Waals surface area contributed by atoms with Crippen molar-refractivity contribution in [2.45, 2.75) is 19.3 Å². The van der Waals surface area contributed by atoms with Crippen LogP contribution in [0.15, 0.2) is 18.2 Å². The van der Waals surface area contributed by atoms with Crippen molar-refractivity contribution in [2.75, 3.05) is 7.11 Å². The van der Waals surface area contributed by atoms with Crippen molar-refractivity contribution >= 4 is 13.3 Å². The summed E-state index contributed by atoms with van der Waals surface area (Å²) < 4.78 is 20.5. The number of rotatable bonds is 3. The van der Waals surface area contributed by atoms with E-state index in [-0.39, 0.29) is 5.75 Å². The molecular weight excluding hydrogens is 243 g/mol. The van der Waals surface area contributed by atoms with E-state index < -0.39 is 13.3 Å². The van der Waals surface area contributed by atoms with Gasteiger partial charge in [0.25, 0.3) is 0 Å². The molecule has 0 radical (unpaired) electrons. The molecule has 0 fully saturated rings. The van der Waals surface area contributed by atoms with E-state index in [4.69, 9.17) is 4.52 Å². The van der Waals surface area contributed by atoms with Gasteiger partial charge in [0, 0.05) is 0 Å². The van der Waals surface area contributed by atoms with Crippen LogP contribution >= 0.6 is 7.60 Å². The summed E-state index contributed by atoms with van der Waals surface area (Å²) in [5, 5.41) is 0. The van der Waals surface area contributed by atoms with Gasteiger partial charge in [-0.3, -0.25) is 0 Å². The molecule has 0 saturated heterocycles. The fourth-order valence-electron chi connectivity index (χ4n) is 1.90. The summed E-state index contributed by atoms with van der Waals surface area (Å²) in [6.45, 7) is 0. The zero-order chi connectivity index (χ0) is 12.5. The Bertz CT molecular complexity index is 497. The molecule has 1 atom stereocenters. The van der Waals surface area contributed by atoms with Crippen LogP contribution in [0.4, 0.5) is 4.79 Å². The maximum atomic E-state index is 11.5. The van der Waals surface area contributed by atoms with Gasteiger partial charge in [0.1, 0.15) is 5.75 Å². The van der Waals surface area contributed by atoms with Crippen molar-refractivity contribution in [3.8, 4) is 5.75 Å². The quantitative estimate of drug-likeness (QED) is 0.841. The van der Waals surface area contributed by atoms with E-state index in [9.17, 15) is 14.3 Å². The van der Waals surface area contributed by atoms with Gasteiger partial charge >= 0.3 is 13.3 Å². The van der Waals surface area contributed by atoms with Gasteiger partial charge in [-0.05, 0) is 42.5 Å². The van der Waals surface area contributed by atoms with Gasteiger partial charge < -0.3 is 14.2 Å². The Morgan fingerprint density at radius 1 is 1.35 bits per heavy atom. The first-order valence-corrected chi connectivity index (χ1v) is 6.83. The second-order valence-electron chi connectivity index (χ2n) is 3.87. The summed E-state index contributed by atoms with van der Waals surface area (Å²) in [6.07, 6.45) is 3.02. The van der Waals surface area contributed by atoms with Crippen LogP contribution < -0.4 is 4.52 Å². The molecule has 5 nitrogen and oxygen atoms in total. The molecule has 17 heavy (non-hydrogen) atoms. The van der Waals surface area contributed by atoms with Gasteiger partial charge in [-0.2, -0.15) is 0 Å². The number of fused-ring (bicyclic) bond motifs is 1. The molecule has 0 heterocycles. The molecule has 0 amide bonds. The molecule has 0 aliphatic heterocycles. The lowest BCUT2D eigenvalue weighted by Gasteiger charge is -2.11. The first-order valence-electron chi connectivity index (χ1n) is 5.25. The molecule has 0 bridgehead atoms. The molecule has 2 rings (SSSR count). The number of hydrogen-bond acceptors (Lipinski definition) is 4. The van der Waals surface area contributed by atoms with Crippen molar-refractivity contribution < 1.29 is 23.5 Å². The molecule has 0 aromatic heterocycles. The number of carbonyl (C=O) groups excluding carboxylic acids is 1. The molecule has 6 heteroatoms. The number of methoxy groups -OCH3 is 1. The molecule has 1 aromatic carbocycles. The van der Waals surface area contributed by atoms with Crippen LogP contribution in [-0.2, 0) is 22.1 Å². The lowest BCUT2D eigenvalue weighted by atomic mass is 10.1. The molecule has 1 N–H and O–H groups in total. The maximum Gasteiger partial charge on any atom is 0.485 e. The van der Waals surface area contributed by atoms with Gasteiger partial charge in [-0.15, -0.1) is 0 Å². The normalized spacial score (nSPS) is 17.1. The third-order valence-corrected chi connectivity index (χ3v) is 3.81. The molecule has 1 unspecified atom stereocenters. The van der Waals surface area contributed by atoms with E-state index in [2.05, 4.69) is 4.74 Å². The highest BCUT2D eigenvalue weighted by atomic mass is 31.2. The third kappa shape index (κ3) is 2.51. The molecule has 1 aromatic rings. The van der Waals surface area contributed by atoms with Crippen molar-refractivity contribution in [3.05, 3.63) is 29.3 Å². The standard InChI is InChI=1S/C11H13O5P/c1-15-11(12)17(13,14)16-10-6-5-8-3-2-4-9(8)7-10/h5-7H,2-4H2,1H3,(H,13,14). The Kier molecular flexibility index (Phi) is 3.22. The summed E-state index contributed by atoms with van der Waals surface area (Å²) in [5.74, 6) is 0.224. The SMILES string of the molecule is COC(=O)P(=O)(O)Oc1ccc2c(c1)CCC2. The zero-order valence-electron chi connectivity index (χ0n) is 9.38. The van der Waals surface area contributed by atoms with Crippen molar-refractivity contribution in [1.29, 1.82) is 0 Å². The molecule has 0 spiro atoms. The summed E-state index contributed by atoms with van der Waals surface area (Å²) in [7, 11) is -3.35. The first kappa shape index (κ1) is 12.1. The van der Waals surface area contributed by atoms with Crippen LogP contribution in [0.5, 0.6) is 5.75 Å². The monoisotopic (exact) mass is 256 g/mol. The van der Waals surface area contributed by atoms with Crippen LogP contribution in [-0.4, -0.2) is 17.7 Å². The molecule has 92 valence electrons. The number of hydrogen-bond donors (Lipinski definition) is 1. The van der Waals surface area contributed by atoms with Crippen molar-refractivity contribution in [1.82, 2.24) is 0 Å². The molecular formula is C11H13O5P. The largest absolute Gasteiger partial charge is 0.485 e. The second-order valence-corrected chi connectivity index (χ2v) is 5.45. The van der Waals surface area contributed by atoms with Crippen LogP contribution in [0.3, 0.4) is 0 Å². The summed E-state index contributed by atoms with van der Waals surface area (Å²) >= 11 is 0. The predicted molar refractivity (Wildman–Crippen MR) is 61.3 cm³/mol. The number of carbonyl (C=O) groups is 1. The Hall–Kier alpha value is -1.32.